The van der Waals surface area contributed by atoms with Gasteiger partial charge in [-0.15, -0.1) is 0 Å². The Labute approximate surface area is 152 Å². The Morgan fingerprint density at radius 3 is 2.62 bits per heavy atom. The Balaban J connectivity index is 1.48. The first-order valence-electron chi connectivity index (χ1n) is 8.66. The minimum absolute atomic E-state index is 0.00772. The Morgan fingerprint density at radius 2 is 1.85 bits per heavy atom. The highest BCUT2D eigenvalue weighted by Gasteiger charge is 2.19. The molecule has 26 heavy (non-hydrogen) atoms. The van der Waals surface area contributed by atoms with Crippen LogP contribution in [0.2, 0.25) is 0 Å². The fraction of sp³-hybridized carbons (Fsp3) is 0.300. The molecule has 0 saturated heterocycles. The topological polar surface area (TPSA) is 81.7 Å². The van der Waals surface area contributed by atoms with Crippen molar-refractivity contribution in [1.29, 1.82) is 0 Å². The van der Waals surface area contributed by atoms with Crippen LogP contribution in [0.1, 0.15) is 22.8 Å². The average molecular weight is 353 g/mol. The third-order valence-corrected chi connectivity index (χ3v) is 4.57. The lowest BCUT2D eigenvalue weighted by molar-refractivity contribution is -0.139. The summed E-state index contributed by atoms with van der Waals surface area (Å²) >= 11 is 0. The molecule has 0 aromatic heterocycles. The molecule has 1 aliphatic rings. The highest BCUT2D eigenvalue weighted by molar-refractivity contribution is 6.35. The molecule has 0 fully saturated rings. The van der Waals surface area contributed by atoms with Gasteiger partial charge < -0.3 is 20.6 Å². The zero-order valence-electron chi connectivity index (χ0n) is 14.7. The predicted octanol–water partition coefficient (Wildman–Crippen LogP) is 1.14. The Hall–Kier alpha value is -2.86. The summed E-state index contributed by atoms with van der Waals surface area (Å²) in [6, 6.07) is 15.2. The fourth-order valence-electron chi connectivity index (χ4n) is 3.04. The number of likely N-dealkylation sites (N-methyl/N-ethyl adjacent to an activating group) is 1. The SMILES string of the molecule is CN1CCc2cc(C(O)CNC(=O)C(=O)NCc3ccccc3)ccc21. The van der Waals surface area contributed by atoms with E-state index in [-0.39, 0.29) is 13.1 Å². The van der Waals surface area contributed by atoms with Crippen LogP contribution in [-0.2, 0) is 22.6 Å². The lowest BCUT2D eigenvalue weighted by atomic mass is 10.0. The maximum Gasteiger partial charge on any atom is 0.309 e. The van der Waals surface area contributed by atoms with E-state index in [1.54, 1.807) is 0 Å². The van der Waals surface area contributed by atoms with Crippen LogP contribution in [0.3, 0.4) is 0 Å². The number of aliphatic hydroxyl groups excluding tert-OH is 1. The lowest BCUT2D eigenvalue weighted by Gasteiger charge is -2.15. The predicted molar refractivity (Wildman–Crippen MR) is 99.7 cm³/mol. The van der Waals surface area contributed by atoms with Crippen LogP contribution >= 0.6 is 0 Å². The van der Waals surface area contributed by atoms with Gasteiger partial charge in [0.25, 0.3) is 0 Å². The first-order valence-corrected chi connectivity index (χ1v) is 8.66. The molecule has 0 aliphatic carbocycles. The number of rotatable bonds is 5. The third-order valence-electron chi connectivity index (χ3n) is 4.57. The summed E-state index contributed by atoms with van der Waals surface area (Å²) in [6.07, 6.45) is 0.0952. The van der Waals surface area contributed by atoms with Gasteiger partial charge in [-0.25, -0.2) is 0 Å². The quantitative estimate of drug-likeness (QED) is 0.704. The first-order chi connectivity index (χ1) is 12.5. The molecule has 0 bridgehead atoms. The van der Waals surface area contributed by atoms with Crippen molar-refractivity contribution in [3.63, 3.8) is 0 Å². The van der Waals surface area contributed by atoms with E-state index < -0.39 is 17.9 Å². The molecule has 0 spiro atoms. The second kappa shape index (κ2) is 8.01. The standard InChI is InChI=1S/C20H23N3O3/c1-23-10-9-15-11-16(7-8-17(15)23)18(24)13-22-20(26)19(25)21-12-14-5-3-2-4-6-14/h2-8,11,18,24H,9-10,12-13H2,1H3,(H,21,25)(H,22,26). The van der Waals surface area contributed by atoms with Gasteiger partial charge in [-0.05, 0) is 29.2 Å². The summed E-state index contributed by atoms with van der Waals surface area (Å²) in [5.41, 5.74) is 4.02. The molecule has 0 radical (unpaired) electrons. The number of carbonyl (C=O) groups is 2. The highest BCUT2D eigenvalue weighted by atomic mass is 16.3. The first kappa shape index (κ1) is 17.9. The van der Waals surface area contributed by atoms with Crippen molar-refractivity contribution < 1.29 is 14.7 Å². The second-order valence-corrected chi connectivity index (χ2v) is 6.45. The van der Waals surface area contributed by atoms with Gasteiger partial charge in [0.1, 0.15) is 0 Å². The number of nitrogens with zero attached hydrogens (tertiary/aromatic N) is 1. The van der Waals surface area contributed by atoms with E-state index in [9.17, 15) is 14.7 Å². The van der Waals surface area contributed by atoms with E-state index >= 15 is 0 Å². The number of hydrogen-bond donors (Lipinski definition) is 3. The van der Waals surface area contributed by atoms with Gasteiger partial charge in [-0.2, -0.15) is 0 Å². The largest absolute Gasteiger partial charge is 0.387 e. The van der Waals surface area contributed by atoms with E-state index in [1.807, 2.05) is 55.6 Å². The van der Waals surface area contributed by atoms with Crippen LogP contribution in [-0.4, -0.2) is 37.1 Å². The molecule has 2 aromatic carbocycles. The van der Waals surface area contributed by atoms with Crippen molar-refractivity contribution in [3.05, 3.63) is 65.2 Å². The molecule has 2 amide bonds. The van der Waals surface area contributed by atoms with Crippen molar-refractivity contribution in [2.75, 3.05) is 25.0 Å². The van der Waals surface area contributed by atoms with Crippen molar-refractivity contribution in [2.24, 2.45) is 0 Å². The molecular weight excluding hydrogens is 330 g/mol. The number of amides is 2. The summed E-state index contributed by atoms with van der Waals surface area (Å²) in [5.74, 6) is -1.46. The number of aliphatic hydroxyl groups is 1. The summed E-state index contributed by atoms with van der Waals surface area (Å²) in [4.78, 5) is 25.9. The average Bonchev–Trinajstić information content (AvgIpc) is 3.05. The number of hydrogen-bond acceptors (Lipinski definition) is 4. The number of fused-ring (bicyclic) bond motifs is 1. The maximum atomic E-state index is 11.9. The molecule has 136 valence electrons. The molecular formula is C20H23N3O3. The molecule has 0 saturated carbocycles. The monoisotopic (exact) mass is 353 g/mol. The molecule has 6 heteroatoms. The van der Waals surface area contributed by atoms with Gasteiger partial charge in [0.05, 0.1) is 6.10 Å². The Morgan fingerprint density at radius 1 is 1.12 bits per heavy atom. The maximum absolute atomic E-state index is 11.9. The fourth-order valence-corrected chi connectivity index (χ4v) is 3.04. The molecule has 1 unspecified atom stereocenters. The van der Waals surface area contributed by atoms with Gasteiger partial charge in [0, 0.05) is 32.4 Å². The van der Waals surface area contributed by atoms with E-state index in [4.69, 9.17) is 0 Å². The summed E-state index contributed by atoms with van der Waals surface area (Å²) < 4.78 is 0. The van der Waals surface area contributed by atoms with Crippen LogP contribution in [0.5, 0.6) is 0 Å². The molecule has 3 N–H and O–H groups in total. The molecule has 1 heterocycles. The molecule has 3 rings (SSSR count). The van der Waals surface area contributed by atoms with Crippen molar-refractivity contribution >= 4 is 17.5 Å². The zero-order chi connectivity index (χ0) is 18.5. The molecule has 1 aliphatic heterocycles. The Kier molecular flexibility index (Phi) is 5.53. The molecule has 2 aromatic rings. The number of anilines is 1. The van der Waals surface area contributed by atoms with Crippen LogP contribution in [0.4, 0.5) is 5.69 Å². The zero-order valence-corrected chi connectivity index (χ0v) is 14.7. The van der Waals surface area contributed by atoms with E-state index in [1.165, 1.54) is 11.3 Å². The minimum Gasteiger partial charge on any atom is -0.387 e. The van der Waals surface area contributed by atoms with Gasteiger partial charge in [0.15, 0.2) is 0 Å². The molecule has 1 atom stereocenters. The van der Waals surface area contributed by atoms with Gasteiger partial charge in [-0.3, -0.25) is 9.59 Å². The Bertz CT molecular complexity index is 792. The van der Waals surface area contributed by atoms with Crippen LogP contribution in [0.15, 0.2) is 48.5 Å². The van der Waals surface area contributed by atoms with Crippen molar-refractivity contribution in [2.45, 2.75) is 19.1 Å². The third kappa shape index (κ3) is 4.21. The van der Waals surface area contributed by atoms with Crippen molar-refractivity contribution in [3.8, 4) is 0 Å². The van der Waals surface area contributed by atoms with E-state index in [2.05, 4.69) is 15.5 Å². The van der Waals surface area contributed by atoms with Crippen LogP contribution in [0.25, 0.3) is 0 Å². The second-order valence-electron chi connectivity index (χ2n) is 6.45. The van der Waals surface area contributed by atoms with Gasteiger partial charge >= 0.3 is 11.8 Å². The van der Waals surface area contributed by atoms with Gasteiger partial charge in [-0.1, -0.05) is 42.5 Å². The summed E-state index contributed by atoms with van der Waals surface area (Å²) in [6.45, 7) is 1.24. The van der Waals surface area contributed by atoms with Gasteiger partial charge in [0.2, 0.25) is 0 Å². The minimum atomic E-state index is -0.850. The highest BCUT2D eigenvalue weighted by Crippen LogP contribution is 2.29. The smallest absolute Gasteiger partial charge is 0.309 e. The van der Waals surface area contributed by atoms with Crippen LogP contribution < -0.4 is 15.5 Å². The lowest BCUT2D eigenvalue weighted by Crippen LogP contribution is -2.41. The van der Waals surface area contributed by atoms with E-state index in [0.29, 0.717) is 0 Å². The van der Waals surface area contributed by atoms with Crippen molar-refractivity contribution in [1.82, 2.24) is 10.6 Å². The molecule has 6 nitrogen and oxygen atoms in total. The van der Waals surface area contributed by atoms with Crippen LogP contribution in [0, 0.1) is 0 Å². The number of benzene rings is 2. The number of nitrogens with one attached hydrogen (secondary N) is 2. The van der Waals surface area contributed by atoms with E-state index in [0.717, 1.165) is 24.1 Å². The summed E-state index contributed by atoms with van der Waals surface area (Å²) in [5, 5.41) is 15.3. The number of carbonyl (C=O) groups excluding carboxylic acids is 2. The normalized spacial score (nSPS) is 13.8. The summed E-state index contributed by atoms with van der Waals surface area (Å²) in [7, 11) is 2.04.